The van der Waals surface area contributed by atoms with Crippen molar-refractivity contribution < 1.29 is 168 Å². The third kappa shape index (κ3) is 2.52. The summed E-state index contributed by atoms with van der Waals surface area (Å²) < 4.78 is -1.94. The molecular formula is C6FeK3N7O2. The monoisotopic (exact) mass is 375 g/mol. The van der Waals surface area contributed by atoms with Gasteiger partial charge >= 0.3 is 239 Å². The zero-order valence-corrected chi connectivity index (χ0v) is 20.8. The van der Waals surface area contributed by atoms with Crippen LogP contribution < -0.4 is 154 Å². The van der Waals surface area contributed by atoms with Crippen LogP contribution in [-0.4, -0.2) is 3.94 Å². The zero-order valence-electron chi connectivity index (χ0n) is 10.3. The molecule has 0 aromatic rings. The fourth-order valence-electron chi connectivity index (χ4n) is 0.438. The van der Waals surface area contributed by atoms with Gasteiger partial charge in [-0.05, 0) is 0 Å². The number of nitrogens with zero attached hydrogens (tertiary/aromatic N) is 7. The first-order valence-corrected chi connectivity index (χ1v) is 6.73. The van der Waals surface area contributed by atoms with Gasteiger partial charge in [-0.2, -0.15) is 0 Å². The number of rotatable bonds is 1. The second kappa shape index (κ2) is 6.90. The molecule has 0 saturated carbocycles. The summed E-state index contributed by atoms with van der Waals surface area (Å²) in [6.07, 6.45) is 0. The number of hydrogen-bond donors (Lipinski definition) is 0. The first-order valence-electron chi connectivity index (χ1n) is 2.93. The molecular weight excluding hydrogens is 375 g/mol. The molecule has 0 amide bonds. The minimum absolute atomic E-state index is 0. The molecule has 0 aromatic heterocycles. The molecule has 19 heavy (non-hydrogen) atoms. The van der Waals surface area contributed by atoms with Crippen LogP contribution >= 0.6 is 0 Å². The molecule has 0 N–H and O–H groups in total. The van der Waals surface area contributed by atoms with Gasteiger partial charge < -0.3 is 0 Å². The van der Waals surface area contributed by atoms with Gasteiger partial charge in [0.2, 0.25) is 0 Å². The van der Waals surface area contributed by atoms with E-state index in [9.17, 15) is 10.1 Å². The van der Waals surface area contributed by atoms with Crippen LogP contribution in [0.2, 0.25) is 0 Å². The molecule has 0 rings (SSSR count). The van der Waals surface area contributed by atoms with E-state index >= 15 is 0 Å². The molecule has 0 fully saturated rings. The normalized spacial score (nSPS) is 13.1. The van der Waals surface area contributed by atoms with Crippen LogP contribution in [0.25, 0.3) is 0 Å². The van der Waals surface area contributed by atoms with E-state index in [-0.39, 0.29) is 154 Å². The maximum Gasteiger partial charge on any atom is 1.00 e. The van der Waals surface area contributed by atoms with E-state index in [4.69, 9.17) is 31.6 Å². The first-order chi connectivity index (χ1) is 7.22. The minimum atomic E-state index is -8.25. The summed E-state index contributed by atoms with van der Waals surface area (Å²) in [5.41, 5.74) is 0. The van der Waals surface area contributed by atoms with Crippen LogP contribution in [0, 0.1) is 71.5 Å². The topological polar surface area (TPSA) is 186 Å². The van der Waals surface area contributed by atoms with Crippen molar-refractivity contribution in [2.45, 2.75) is 0 Å². The van der Waals surface area contributed by atoms with Gasteiger partial charge in [-0.1, -0.05) is 0 Å². The number of hydrogen-bond acceptors (Lipinski definition) is 8. The quantitative estimate of drug-likeness (QED) is 0.245. The molecule has 0 unspecified atom stereocenters. The van der Waals surface area contributed by atoms with Gasteiger partial charge in [0.05, 0.1) is 0 Å². The third-order valence-corrected chi connectivity index (χ3v) is 7.36. The summed E-state index contributed by atoms with van der Waals surface area (Å²) in [7, 11) is -8.25. The molecule has 0 atom stereocenters. The molecule has 0 aromatic carbocycles. The molecule has 0 heterocycles. The Balaban J connectivity index is -0.000000375. The van der Waals surface area contributed by atoms with Crippen molar-refractivity contribution in [3.63, 3.8) is 0 Å². The smallest absolute Gasteiger partial charge is 1.00 e. The SMILES string of the molecule is N#[C][Fe-3]([C]#N)([C]#N)([C]#N)([C]#N)([C]#N)[N+](=O)[O-].[K+].[K+].[K+]. The number of nitro groups is 1. The summed E-state index contributed by atoms with van der Waals surface area (Å²) >= 11 is 0. The van der Waals surface area contributed by atoms with E-state index in [1.54, 1.807) is 0 Å². The van der Waals surface area contributed by atoms with Gasteiger partial charge in [-0.25, -0.2) is 0 Å². The van der Waals surface area contributed by atoms with E-state index in [0.29, 0.717) is 29.8 Å². The molecule has 0 aliphatic rings. The second-order valence-corrected chi connectivity index (χ2v) is 9.98. The summed E-state index contributed by atoms with van der Waals surface area (Å²) in [6.45, 7) is 0. The van der Waals surface area contributed by atoms with Crippen LogP contribution in [0.4, 0.5) is 0 Å². The molecule has 0 radical (unpaired) electrons. The Morgan fingerprint density at radius 1 is 0.684 bits per heavy atom. The van der Waals surface area contributed by atoms with Gasteiger partial charge in [0.15, 0.2) is 0 Å². The maximum atomic E-state index is 10.9. The molecule has 0 aliphatic carbocycles. The predicted molar refractivity (Wildman–Crippen MR) is 40.7 cm³/mol. The van der Waals surface area contributed by atoms with Crippen LogP contribution in [0.5, 0.6) is 0 Å². The summed E-state index contributed by atoms with van der Waals surface area (Å²) in [6, 6.07) is 0. The van der Waals surface area contributed by atoms with E-state index in [0.717, 1.165) is 0 Å². The van der Waals surface area contributed by atoms with Gasteiger partial charge in [-0.3, -0.25) is 0 Å². The summed E-state index contributed by atoms with van der Waals surface area (Å²) in [4.78, 5) is 14.2. The average molecular weight is 375 g/mol. The molecule has 0 spiro atoms. The van der Waals surface area contributed by atoms with Gasteiger partial charge in [0, 0.05) is 0 Å². The van der Waals surface area contributed by atoms with Crippen molar-refractivity contribution in [1.82, 2.24) is 0 Å². The van der Waals surface area contributed by atoms with Crippen molar-refractivity contribution in [1.29, 1.82) is 31.6 Å². The third-order valence-electron chi connectivity index (χ3n) is 1.79. The van der Waals surface area contributed by atoms with E-state index < -0.39 is 13.8 Å². The predicted octanol–water partition coefficient (Wildman–Crippen LogP) is -9.16. The van der Waals surface area contributed by atoms with Crippen molar-refractivity contribution >= 4 is 0 Å². The average Bonchev–Trinajstić information content (AvgIpc) is 2.37. The standard InChI is InChI=1S/6CN.Fe.3K.NO2/c6*1-2;;;;;2-1-3/q;;;;;;-3;3*+1;. The maximum absolute atomic E-state index is 10.9. The number of nitriles is 6. The fraction of sp³-hybridized carbons (Fsp3) is 0. The van der Waals surface area contributed by atoms with Crippen LogP contribution in [-0.2, 0) is 9.90 Å². The van der Waals surface area contributed by atoms with E-state index in [2.05, 4.69) is 0 Å². The van der Waals surface area contributed by atoms with E-state index in [1.165, 1.54) is 0 Å². The minimum Gasteiger partial charge on any atom is 1.00 e. The first kappa shape index (κ1) is 28.9. The Hall–Kier alpha value is 1.77. The van der Waals surface area contributed by atoms with Crippen LogP contribution in [0.1, 0.15) is 0 Å². The summed E-state index contributed by atoms with van der Waals surface area (Å²) in [5, 5.41) is 63.5. The Labute approximate surface area is 233 Å². The fourth-order valence-corrected chi connectivity index (χ4v) is 1.81. The van der Waals surface area contributed by atoms with Gasteiger partial charge in [0.25, 0.3) is 0 Å². The summed E-state index contributed by atoms with van der Waals surface area (Å²) in [5.74, 6) is 0. The van der Waals surface area contributed by atoms with E-state index in [1.807, 2.05) is 0 Å². The van der Waals surface area contributed by atoms with Crippen molar-refractivity contribution in [3.05, 3.63) is 10.1 Å². The largest absolute Gasteiger partial charge is 1.00 e. The van der Waals surface area contributed by atoms with Crippen LogP contribution in [0.15, 0.2) is 0 Å². The molecule has 0 aliphatic heterocycles. The Morgan fingerprint density at radius 2 is 0.842 bits per heavy atom. The van der Waals surface area contributed by atoms with Gasteiger partial charge in [0.1, 0.15) is 0 Å². The Bertz CT molecular complexity index is 564. The Morgan fingerprint density at radius 3 is 0.842 bits per heavy atom. The van der Waals surface area contributed by atoms with Crippen LogP contribution in [0.3, 0.4) is 0 Å². The van der Waals surface area contributed by atoms with Gasteiger partial charge in [-0.15, -0.1) is 0 Å². The zero-order chi connectivity index (χ0) is 13.2. The molecule has 9 nitrogen and oxygen atoms in total. The molecule has 0 bridgehead atoms. The second-order valence-electron chi connectivity index (χ2n) is 2.48. The Kier molecular flexibility index (Phi) is 10.5. The van der Waals surface area contributed by atoms with Crippen molar-refractivity contribution in [2.24, 2.45) is 0 Å². The van der Waals surface area contributed by atoms with Crippen molar-refractivity contribution in [3.8, 4) is 29.8 Å². The van der Waals surface area contributed by atoms with Crippen molar-refractivity contribution in [2.75, 3.05) is 0 Å². The molecule has 13 heteroatoms. The molecule has 82 valence electrons. The molecule has 0 saturated heterocycles.